The largest absolute Gasteiger partial charge is 0.462 e. The maximum absolute atomic E-state index is 12.8. The minimum atomic E-state index is -0.630. The SMILES string of the molecule is CCOC(=O)c1cnc(N2CC[C@H](NC(=O)c3nc(Cl)c(CC)[nH]3)[C@H](OCCF)C2)s1. The zero-order valence-electron chi connectivity index (χ0n) is 17.3. The van der Waals surface area contributed by atoms with Crippen LogP contribution in [0.4, 0.5) is 9.52 Å². The fourth-order valence-electron chi connectivity index (χ4n) is 3.29. The van der Waals surface area contributed by atoms with Crippen LogP contribution >= 0.6 is 22.9 Å². The topological polar surface area (TPSA) is 109 Å². The van der Waals surface area contributed by atoms with Crippen LogP contribution in [0.3, 0.4) is 0 Å². The minimum absolute atomic E-state index is 0.0800. The molecule has 2 aromatic heterocycles. The molecule has 1 aliphatic rings. The van der Waals surface area contributed by atoms with Crippen molar-refractivity contribution in [1.29, 1.82) is 0 Å². The summed E-state index contributed by atoms with van der Waals surface area (Å²) in [5, 5.41) is 3.83. The number of esters is 1. The molecule has 2 N–H and O–H groups in total. The van der Waals surface area contributed by atoms with E-state index in [-0.39, 0.29) is 30.2 Å². The van der Waals surface area contributed by atoms with E-state index in [4.69, 9.17) is 21.1 Å². The van der Waals surface area contributed by atoms with Gasteiger partial charge in [-0.25, -0.2) is 19.2 Å². The Morgan fingerprint density at radius 1 is 1.45 bits per heavy atom. The summed E-state index contributed by atoms with van der Waals surface area (Å²) in [7, 11) is 0. The van der Waals surface area contributed by atoms with E-state index in [0.29, 0.717) is 41.6 Å². The highest BCUT2D eigenvalue weighted by atomic mass is 35.5. The summed E-state index contributed by atoms with van der Waals surface area (Å²) in [4.78, 5) is 38.2. The number of amides is 1. The molecule has 0 bridgehead atoms. The molecule has 0 unspecified atom stereocenters. The minimum Gasteiger partial charge on any atom is -0.462 e. The van der Waals surface area contributed by atoms with Crippen molar-refractivity contribution in [3.05, 3.63) is 27.7 Å². The van der Waals surface area contributed by atoms with E-state index >= 15 is 0 Å². The van der Waals surface area contributed by atoms with Crippen LogP contribution in [-0.4, -0.2) is 72.0 Å². The van der Waals surface area contributed by atoms with Crippen molar-refractivity contribution in [2.24, 2.45) is 0 Å². The normalized spacial score (nSPS) is 18.8. The number of aromatic nitrogens is 3. The van der Waals surface area contributed by atoms with E-state index in [9.17, 15) is 14.0 Å². The van der Waals surface area contributed by atoms with Crippen molar-refractivity contribution in [2.45, 2.75) is 38.8 Å². The third-order valence-corrected chi connectivity index (χ3v) is 6.17. The molecule has 1 fully saturated rings. The van der Waals surface area contributed by atoms with Crippen LogP contribution in [0.2, 0.25) is 5.15 Å². The number of nitrogens with zero attached hydrogens (tertiary/aromatic N) is 3. The van der Waals surface area contributed by atoms with Crippen LogP contribution in [0.25, 0.3) is 0 Å². The van der Waals surface area contributed by atoms with Crippen LogP contribution in [0, 0.1) is 0 Å². The first-order valence-electron chi connectivity index (χ1n) is 10.1. The second kappa shape index (κ2) is 10.9. The molecule has 2 aromatic rings. The van der Waals surface area contributed by atoms with Crippen LogP contribution in [0.5, 0.6) is 0 Å². The summed E-state index contributed by atoms with van der Waals surface area (Å²) in [6.45, 7) is 4.19. The van der Waals surface area contributed by atoms with Gasteiger partial charge in [-0.2, -0.15) is 0 Å². The number of carbonyl (C=O) groups is 2. The monoisotopic (exact) mass is 473 g/mol. The number of imidazole rings is 1. The number of halogens is 2. The molecular weight excluding hydrogens is 449 g/mol. The van der Waals surface area contributed by atoms with Crippen LogP contribution in [0.15, 0.2) is 6.20 Å². The highest BCUT2D eigenvalue weighted by Gasteiger charge is 2.33. The highest BCUT2D eigenvalue weighted by Crippen LogP contribution is 2.27. The third kappa shape index (κ3) is 5.72. The van der Waals surface area contributed by atoms with Gasteiger partial charge in [0.05, 0.1) is 37.3 Å². The van der Waals surface area contributed by atoms with E-state index in [0.717, 1.165) is 0 Å². The Kier molecular flexibility index (Phi) is 8.22. The molecule has 1 saturated heterocycles. The molecule has 170 valence electrons. The molecule has 12 heteroatoms. The Hall–Kier alpha value is -2.24. The standard InChI is InChI=1S/C19H25ClFN5O4S/c1-3-11-15(20)25-16(23-11)17(27)24-12-5-7-26(10-13(12)30-8-6-21)19-22-9-14(31-19)18(28)29-4-2/h9,12-13H,3-8,10H2,1-2H3,(H,23,25)(H,24,27)/t12-,13+/m0/s1. The first-order chi connectivity index (χ1) is 15.0. The summed E-state index contributed by atoms with van der Waals surface area (Å²) in [5.41, 5.74) is 0.688. The van der Waals surface area contributed by atoms with Gasteiger partial charge in [0.15, 0.2) is 16.1 Å². The fourth-order valence-corrected chi connectivity index (χ4v) is 4.40. The van der Waals surface area contributed by atoms with Crippen LogP contribution in [-0.2, 0) is 15.9 Å². The first-order valence-corrected chi connectivity index (χ1v) is 11.3. The van der Waals surface area contributed by atoms with Gasteiger partial charge in [-0.15, -0.1) is 0 Å². The van der Waals surface area contributed by atoms with E-state index in [2.05, 4.69) is 20.3 Å². The third-order valence-electron chi connectivity index (χ3n) is 4.82. The number of aromatic amines is 1. The number of anilines is 1. The number of aryl methyl sites for hydroxylation is 1. The Balaban J connectivity index is 1.67. The Morgan fingerprint density at radius 3 is 2.94 bits per heavy atom. The second-order valence-electron chi connectivity index (χ2n) is 6.85. The zero-order chi connectivity index (χ0) is 22.4. The summed E-state index contributed by atoms with van der Waals surface area (Å²) in [6.07, 6.45) is 2.20. The lowest BCUT2D eigenvalue weighted by molar-refractivity contribution is 0.0140. The maximum Gasteiger partial charge on any atom is 0.350 e. The van der Waals surface area contributed by atoms with E-state index < -0.39 is 24.7 Å². The molecule has 0 spiro atoms. The van der Waals surface area contributed by atoms with Gasteiger partial charge >= 0.3 is 5.97 Å². The lowest BCUT2D eigenvalue weighted by Crippen LogP contribution is -2.55. The molecule has 0 aromatic carbocycles. The van der Waals surface area contributed by atoms with Crippen molar-refractivity contribution in [1.82, 2.24) is 20.3 Å². The number of piperidine rings is 1. The highest BCUT2D eigenvalue weighted by molar-refractivity contribution is 7.17. The maximum atomic E-state index is 12.8. The molecule has 1 amide bonds. The van der Waals surface area contributed by atoms with Gasteiger partial charge in [-0.1, -0.05) is 29.9 Å². The number of hydrogen-bond acceptors (Lipinski definition) is 8. The lowest BCUT2D eigenvalue weighted by atomic mass is 10.0. The van der Waals surface area contributed by atoms with E-state index in [1.54, 1.807) is 6.92 Å². The quantitative estimate of drug-likeness (QED) is 0.539. The summed E-state index contributed by atoms with van der Waals surface area (Å²) >= 11 is 7.25. The summed E-state index contributed by atoms with van der Waals surface area (Å²) < 4.78 is 23.4. The molecule has 9 nitrogen and oxygen atoms in total. The van der Waals surface area contributed by atoms with Gasteiger partial charge in [0.25, 0.3) is 5.91 Å². The number of alkyl halides is 1. The van der Waals surface area contributed by atoms with E-state index in [1.807, 2.05) is 11.8 Å². The van der Waals surface area contributed by atoms with Crippen molar-refractivity contribution < 1.29 is 23.5 Å². The van der Waals surface area contributed by atoms with Gasteiger partial charge in [-0.3, -0.25) is 4.79 Å². The average molecular weight is 474 g/mol. The molecule has 31 heavy (non-hydrogen) atoms. The van der Waals surface area contributed by atoms with Gasteiger partial charge in [0.1, 0.15) is 11.6 Å². The molecule has 1 aliphatic heterocycles. The van der Waals surface area contributed by atoms with Gasteiger partial charge in [-0.05, 0) is 19.8 Å². The van der Waals surface area contributed by atoms with Crippen molar-refractivity contribution in [3.63, 3.8) is 0 Å². The first kappa shape index (κ1) is 23.4. The molecule has 3 rings (SSSR count). The molecule has 3 heterocycles. The predicted octanol–water partition coefficient (Wildman–Crippen LogP) is 2.62. The Bertz CT molecular complexity index is 908. The Morgan fingerprint density at radius 2 is 2.26 bits per heavy atom. The van der Waals surface area contributed by atoms with Gasteiger partial charge < -0.3 is 24.7 Å². The summed E-state index contributed by atoms with van der Waals surface area (Å²) in [6, 6.07) is -0.339. The van der Waals surface area contributed by atoms with Crippen LogP contribution in [0.1, 0.15) is 46.3 Å². The number of carbonyl (C=O) groups excluding carboxylic acids is 2. The molecule has 0 aliphatic carbocycles. The van der Waals surface area contributed by atoms with Gasteiger partial charge in [0.2, 0.25) is 0 Å². The van der Waals surface area contributed by atoms with Crippen molar-refractivity contribution in [3.8, 4) is 0 Å². The van der Waals surface area contributed by atoms with E-state index in [1.165, 1.54) is 17.5 Å². The van der Waals surface area contributed by atoms with Crippen molar-refractivity contribution >= 4 is 39.9 Å². The zero-order valence-corrected chi connectivity index (χ0v) is 18.9. The summed E-state index contributed by atoms with van der Waals surface area (Å²) in [5.74, 6) is -0.678. The predicted molar refractivity (Wildman–Crippen MR) is 115 cm³/mol. The number of rotatable bonds is 9. The number of H-pyrrole nitrogens is 1. The molecule has 0 radical (unpaired) electrons. The number of nitrogens with one attached hydrogen (secondary N) is 2. The number of thiazole rings is 1. The second-order valence-corrected chi connectivity index (χ2v) is 8.22. The fraction of sp³-hybridized carbons (Fsp3) is 0.579. The van der Waals surface area contributed by atoms with Crippen molar-refractivity contribution in [2.75, 3.05) is 37.9 Å². The molecule has 2 atom stereocenters. The Labute approximate surface area is 188 Å². The molecule has 0 saturated carbocycles. The lowest BCUT2D eigenvalue weighted by Gasteiger charge is -2.38. The average Bonchev–Trinajstić information content (AvgIpc) is 3.40. The number of ether oxygens (including phenoxy) is 2. The smallest absolute Gasteiger partial charge is 0.350 e. The van der Waals surface area contributed by atoms with Crippen LogP contribution < -0.4 is 10.2 Å². The number of hydrogen-bond donors (Lipinski definition) is 2. The molecular formula is C19H25ClFN5O4S. The van der Waals surface area contributed by atoms with Gasteiger partial charge in [0, 0.05) is 13.1 Å².